The van der Waals surface area contributed by atoms with Crippen molar-refractivity contribution in [2.75, 3.05) is 36.7 Å². The molecular formula is C32H30N4O6. The van der Waals surface area contributed by atoms with Gasteiger partial charge in [-0.25, -0.2) is 14.8 Å². The van der Waals surface area contributed by atoms with Gasteiger partial charge in [-0.05, 0) is 61.9 Å². The van der Waals surface area contributed by atoms with Crippen LogP contribution in [-0.2, 0) is 11.3 Å². The van der Waals surface area contributed by atoms with Crippen molar-refractivity contribution in [1.82, 2.24) is 4.98 Å². The van der Waals surface area contributed by atoms with Crippen LogP contribution in [0.15, 0.2) is 72.9 Å². The Morgan fingerprint density at radius 1 is 0.905 bits per heavy atom. The Kier molecular flexibility index (Phi) is 6.61. The van der Waals surface area contributed by atoms with Crippen molar-refractivity contribution in [3.8, 4) is 34.3 Å². The molecule has 0 fully saturated rings. The zero-order chi connectivity index (χ0) is 29.6. The number of anilines is 3. The topological polar surface area (TPSA) is 102 Å². The first kappa shape index (κ1) is 26.9. The van der Waals surface area contributed by atoms with E-state index in [1.165, 1.54) is 13.3 Å². The highest BCUT2D eigenvalue weighted by Gasteiger charge is 2.47. The summed E-state index contributed by atoms with van der Waals surface area (Å²) >= 11 is 0. The molecule has 0 atom stereocenters. The van der Waals surface area contributed by atoms with Gasteiger partial charge in [0.05, 0.1) is 39.2 Å². The number of para-hydroxylation sites is 2. The molecule has 2 aliphatic heterocycles. The Morgan fingerprint density at radius 2 is 1.67 bits per heavy atom. The maximum Gasteiger partial charge on any atom is 0.349 e. The average molecular weight is 567 g/mol. The van der Waals surface area contributed by atoms with Crippen molar-refractivity contribution in [3.63, 3.8) is 0 Å². The van der Waals surface area contributed by atoms with Gasteiger partial charge in [0, 0.05) is 23.4 Å². The minimum atomic E-state index is -0.823. The molecule has 6 rings (SSSR count). The lowest BCUT2D eigenvalue weighted by molar-refractivity contribution is -0.122. The number of esters is 1. The fourth-order valence-electron chi connectivity index (χ4n) is 5.46. The molecule has 0 aliphatic carbocycles. The highest BCUT2D eigenvalue weighted by atomic mass is 16.5. The molecule has 0 radical (unpaired) electrons. The molecule has 1 amide bonds. The van der Waals surface area contributed by atoms with Gasteiger partial charge in [0.25, 0.3) is 5.91 Å². The van der Waals surface area contributed by atoms with Gasteiger partial charge >= 0.3 is 5.97 Å². The largest absolute Gasteiger partial charge is 0.496 e. The van der Waals surface area contributed by atoms with Crippen LogP contribution >= 0.6 is 0 Å². The highest BCUT2D eigenvalue weighted by Crippen LogP contribution is 2.51. The number of carbonyl (C=O) groups excluding carboxylic acids is 2. The van der Waals surface area contributed by atoms with E-state index in [1.807, 2.05) is 61.3 Å². The summed E-state index contributed by atoms with van der Waals surface area (Å²) in [6, 6.07) is 20.1. The highest BCUT2D eigenvalue weighted by molar-refractivity contribution is 6.12. The number of hydrogen-bond donors (Lipinski definition) is 1. The van der Waals surface area contributed by atoms with E-state index in [2.05, 4.69) is 10.3 Å². The van der Waals surface area contributed by atoms with E-state index < -0.39 is 11.5 Å². The Balaban J connectivity index is 1.42. The molecule has 214 valence electrons. The maximum atomic E-state index is 13.8. The Morgan fingerprint density at radius 3 is 2.43 bits per heavy atom. The molecule has 0 saturated heterocycles. The molecule has 10 nitrogen and oxygen atoms in total. The molecule has 4 aromatic rings. The molecule has 0 unspecified atom stereocenters. The van der Waals surface area contributed by atoms with Crippen LogP contribution in [0.2, 0.25) is 0 Å². The van der Waals surface area contributed by atoms with Gasteiger partial charge in [0.15, 0.2) is 0 Å². The molecule has 1 aromatic heterocycles. The Hall–Kier alpha value is -5.25. The molecule has 2 aliphatic rings. The summed E-state index contributed by atoms with van der Waals surface area (Å²) in [4.78, 5) is 30.8. The Bertz CT molecular complexity index is 1720. The molecule has 42 heavy (non-hydrogen) atoms. The number of hydrazine groups is 1. The number of hydrogen-bond acceptors (Lipinski definition) is 9. The molecule has 10 heteroatoms. The SMILES string of the molecule is COc1cc(OC(=O)c2cccnc2OC)ccc1-c1ccc2c3c1CN(c1ccccc1OC)N3C(=O)C(C)(C)N2. The number of ether oxygens (including phenoxy) is 4. The van der Waals surface area contributed by atoms with E-state index in [1.54, 1.807) is 43.5 Å². The molecule has 3 aromatic carbocycles. The average Bonchev–Trinajstić information content (AvgIpc) is 3.41. The summed E-state index contributed by atoms with van der Waals surface area (Å²) in [6.45, 7) is 4.16. The number of methoxy groups -OCH3 is 3. The maximum absolute atomic E-state index is 13.8. The van der Waals surface area contributed by atoms with E-state index in [4.69, 9.17) is 18.9 Å². The van der Waals surface area contributed by atoms with Gasteiger partial charge in [0.1, 0.15) is 34.0 Å². The van der Waals surface area contributed by atoms with Crippen molar-refractivity contribution in [1.29, 1.82) is 0 Å². The fraction of sp³-hybridized carbons (Fsp3) is 0.219. The third-order valence-electron chi connectivity index (χ3n) is 7.44. The molecule has 0 bridgehead atoms. The van der Waals surface area contributed by atoms with E-state index in [0.717, 1.165) is 33.8 Å². The van der Waals surface area contributed by atoms with Crippen LogP contribution in [0.5, 0.6) is 23.1 Å². The zero-order valence-corrected chi connectivity index (χ0v) is 23.9. The number of aromatic nitrogens is 1. The predicted octanol–water partition coefficient (Wildman–Crippen LogP) is 5.47. The van der Waals surface area contributed by atoms with Crippen molar-refractivity contribution in [2.45, 2.75) is 25.9 Å². The number of carbonyl (C=O) groups is 2. The third-order valence-corrected chi connectivity index (χ3v) is 7.44. The summed E-state index contributed by atoms with van der Waals surface area (Å²) in [7, 11) is 4.62. The second-order valence-electron chi connectivity index (χ2n) is 10.4. The molecular weight excluding hydrogens is 536 g/mol. The molecule has 0 spiro atoms. The van der Waals surface area contributed by atoms with E-state index in [-0.39, 0.29) is 17.4 Å². The number of amides is 1. The number of benzene rings is 3. The number of nitrogens with zero attached hydrogens (tertiary/aromatic N) is 3. The van der Waals surface area contributed by atoms with Crippen LogP contribution in [0.25, 0.3) is 11.1 Å². The second-order valence-corrected chi connectivity index (χ2v) is 10.4. The lowest BCUT2D eigenvalue weighted by Gasteiger charge is -2.41. The van der Waals surface area contributed by atoms with Crippen LogP contribution in [0.3, 0.4) is 0 Å². The van der Waals surface area contributed by atoms with Crippen LogP contribution in [0.4, 0.5) is 17.1 Å². The monoisotopic (exact) mass is 566 g/mol. The molecule has 0 saturated carbocycles. The van der Waals surface area contributed by atoms with Crippen LogP contribution in [0, 0.1) is 0 Å². The third kappa shape index (κ3) is 4.32. The lowest BCUT2D eigenvalue weighted by atomic mass is 9.93. The van der Waals surface area contributed by atoms with Gasteiger partial charge in [-0.3, -0.25) is 9.80 Å². The quantitative estimate of drug-likeness (QED) is 0.231. The van der Waals surface area contributed by atoms with E-state index in [0.29, 0.717) is 23.8 Å². The van der Waals surface area contributed by atoms with Gasteiger partial charge in [-0.2, -0.15) is 0 Å². The number of pyridine rings is 1. The van der Waals surface area contributed by atoms with E-state index >= 15 is 0 Å². The first-order valence-electron chi connectivity index (χ1n) is 13.4. The van der Waals surface area contributed by atoms with Crippen LogP contribution in [-0.4, -0.2) is 43.7 Å². The van der Waals surface area contributed by atoms with Crippen LogP contribution in [0.1, 0.15) is 29.8 Å². The first-order valence-corrected chi connectivity index (χ1v) is 13.4. The smallest absolute Gasteiger partial charge is 0.349 e. The second kappa shape index (κ2) is 10.3. The number of nitrogens with one attached hydrogen (secondary N) is 1. The predicted molar refractivity (Wildman–Crippen MR) is 159 cm³/mol. The van der Waals surface area contributed by atoms with E-state index in [9.17, 15) is 9.59 Å². The lowest BCUT2D eigenvalue weighted by Crippen LogP contribution is -2.57. The molecule has 1 N–H and O–H groups in total. The van der Waals surface area contributed by atoms with Crippen molar-refractivity contribution in [2.24, 2.45) is 0 Å². The normalized spacial score (nSPS) is 14.6. The summed E-state index contributed by atoms with van der Waals surface area (Å²) in [5.74, 6) is 0.962. The van der Waals surface area contributed by atoms with Crippen molar-refractivity contribution in [3.05, 3.63) is 84.1 Å². The van der Waals surface area contributed by atoms with Gasteiger partial charge in [0.2, 0.25) is 5.88 Å². The standard InChI is InChI=1S/C32H30N4O6/c1-32(2)31(38)36-28-23(18-35(36)25-10-6-7-11-26(25)39-3)20(14-15-24(28)34-32)21-13-12-19(17-27(21)40-4)42-30(37)22-9-8-16-33-29(22)41-5/h6-17,34H,18H2,1-5H3. The summed E-state index contributed by atoms with van der Waals surface area (Å²) in [6.07, 6.45) is 1.54. The minimum absolute atomic E-state index is 0.0862. The summed E-state index contributed by atoms with van der Waals surface area (Å²) < 4.78 is 22.3. The van der Waals surface area contributed by atoms with Crippen LogP contribution < -0.4 is 34.3 Å². The summed E-state index contributed by atoms with van der Waals surface area (Å²) in [5.41, 5.74) is 4.41. The van der Waals surface area contributed by atoms with Gasteiger partial charge in [-0.15, -0.1) is 0 Å². The van der Waals surface area contributed by atoms with Gasteiger partial charge < -0.3 is 24.3 Å². The van der Waals surface area contributed by atoms with Gasteiger partial charge in [-0.1, -0.05) is 18.2 Å². The zero-order valence-electron chi connectivity index (χ0n) is 23.9. The Labute approximate surface area is 243 Å². The molecule has 3 heterocycles. The first-order chi connectivity index (χ1) is 20.3. The summed E-state index contributed by atoms with van der Waals surface area (Å²) in [5, 5.41) is 7.10. The fourth-order valence-corrected chi connectivity index (χ4v) is 5.46. The number of rotatable bonds is 7. The minimum Gasteiger partial charge on any atom is -0.496 e. The van der Waals surface area contributed by atoms with Crippen molar-refractivity contribution < 1.29 is 28.5 Å². The van der Waals surface area contributed by atoms with Crippen molar-refractivity contribution >= 4 is 28.9 Å².